The van der Waals surface area contributed by atoms with E-state index in [2.05, 4.69) is 11.9 Å². The van der Waals surface area contributed by atoms with Crippen molar-refractivity contribution in [1.82, 2.24) is 0 Å². The molecule has 0 saturated heterocycles. The lowest BCUT2D eigenvalue weighted by Crippen LogP contribution is -2.23. The minimum atomic E-state index is -1.41. The van der Waals surface area contributed by atoms with Crippen LogP contribution in [0.1, 0.15) is 39.4 Å². The summed E-state index contributed by atoms with van der Waals surface area (Å²) in [5.74, 6) is -1.46. The van der Waals surface area contributed by atoms with E-state index in [9.17, 15) is 19.2 Å². The van der Waals surface area contributed by atoms with Gasteiger partial charge in [-0.3, -0.25) is 4.79 Å². The Labute approximate surface area is 262 Å². The molecule has 1 saturated carbocycles. The fraction of sp³-hybridized carbons (Fsp3) is 0.194. The molecule has 1 fully saturated rings. The SMILES string of the molecule is C=CC/C(=C\C(=O)c1cc(NCC2(C=O)C(c3cc(Cl)cc(Cl)c3)C2(Cl)Cl)ccc1Cl)Cc1ccc(F)cc1C#N. The number of carbonyl (C=O) groups is 2. The molecule has 0 bridgehead atoms. The first kappa shape index (κ1) is 31.1. The number of hydrogen-bond donors (Lipinski definition) is 1. The van der Waals surface area contributed by atoms with Gasteiger partial charge in [0, 0.05) is 33.8 Å². The van der Waals surface area contributed by atoms with E-state index >= 15 is 0 Å². The van der Waals surface area contributed by atoms with E-state index in [-0.39, 0.29) is 34.9 Å². The summed E-state index contributed by atoms with van der Waals surface area (Å²) in [5, 5.41) is 13.6. The topological polar surface area (TPSA) is 70.0 Å². The van der Waals surface area contributed by atoms with Gasteiger partial charge in [-0.1, -0.05) is 75.7 Å². The summed E-state index contributed by atoms with van der Waals surface area (Å²) >= 11 is 31.9. The third-order valence-electron chi connectivity index (χ3n) is 7.01. The predicted octanol–water partition coefficient (Wildman–Crippen LogP) is 9.15. The maximum atomic E-state index is 13.6. The number of hydrogen-bond acceptors (Lipinski definition) is 4. The number of carbonyl (C=O) groups excluding carboxylic acids is 2. The number of benzene rings is 3. The molecule has 0 aliphatic heterocycles. The zero-order chi connectivity index (χ0) is 29.9. The molecule has 0 spiro atoms. The Morgan fingerprint density at radius 2 is 1.78 bits per heavy atom. The van der Waals surface area contributed by atoms with Gasteiger partial charge in [0.25, 0.3) is 0 Å². The normalized spacial score (nSPS) is 19.2. The van der Waals surface area contributed by atoms with Gasteiger partial charge in [-0.15, -0.1) is 6.58 Å². The zero-order valence-electron chi connectivity index (χ0n) is 21.4. The molecule has 0 aromatic heterocycles. The van der Waals surface area contributed by atoms with Crippen LogP contribution in [0.15, 0.2) is 78.9 Å². The van der Waals surface area contributed by atoms with E-state index in [1.54, 1.807) is 42.5 Å². The number of allylic oxidation sites excluding steroid dienone is 3. The molecule has 0 radical (unpaired) electrons. The van der Waals surface area contributed by atoms with E-state index in [0.717, 1.165) is 12.4 Å². The van der Waals surface area contributed by atoms with Crippen LogP contribution in [-0.2, 0) is 11.2 Å². The molecular formula is C31H22Cl5FN2O2. The maximum absolute atomic E-state index is 13.6. The van der Waals surface area contributed by atoms with E-state index in [1.807, 2.05) is 6.07 Å². The van der Waals surface area contributed by atoms with Crippen LogP contribution < -0.4 is 5.32 Å². The lowest BCUT2D eigenvalue weighted by Gasteiger charge is -2.15. The van der Waals surface area contributed by atoms with Crippen LogP contribution in [0.4, 0.5) is 10.1 Å². The van der Waals surface area contributed by atoms with Gasteiger partial charge in [0.05, 0.1) is 22.1 Å². The van der Waals surface area contributed by atoms with Crippen molar-refractivity contribution in [2.24, 2.45) is 5.41 Å². The number of nitrogens with zero attached hydrogens (tertiary/aromatic N) is 1. The average Bonchev–Trinajstić information content (AvgIpc) is 3.42. The van der Waals surface area contributed by atoms with E-state index < -0.39 is 21.5 Å². The number of nitrogens with one attached hydrogen (secondary N) is 1. The molecule has 4 rings (SSSR count). The van der Waals surface area contributed by atoms with Crippen molar-refractivity contribution in [3.05, 3.63) is 122 Å². The minimum Gasteiger partial charge on any atom is -0.384 e. The van der Waals surface area contributed by atoms with Crippen LogP contribution in [0.3, 0.4) is 0 Å². The number of halogens is 6. The molecule has 0 amide bonds. The van der Waals surface area contributed by atoms with Crippen LogP contribution in [0, 0.1) is 22.6 Å². The first-order valence-corrected chi connectivity index (χ1v) is 14.2. The number of nitriles is 1. The largest absolute Gasteiger partial charge is 0.384 e. The van der Waals surface area contributed by atoms with E-state index in [1.165, 1.54) is 18.2 Å². The Balaban J connectivity index is 1.56. The molecule has 41 heavy (non-hydrogen) atoms. The molecule has 1 N–H and O–H groups in total. The highest BCUT2D eigenvalue weighted by Crippen LogP contribution is 2.73. The average molecular weight is 651 g/mol. The quantitative estimate of drug-likeness (QED) is 0.0739. The molecule has 1 aliphatic rings. The second-order valence-electron chi connectivity index (χ2n) is 9.71. The summed E-state index contributed by atoms with van der Waals surface area (Å²) in [4.78, 5) is 25.6. The maximum Gasteiger partial charge on any atom is 0.187 e. The molecule has 0 heterocycles. The van der Waals surface area contributed by atoms with Crippen molar-refractivity contribution in [1.29, 1.82) is 5.26 Å². The highest BCUT2D eigenvalue weighted by Gasteiger charge is 2.76. The number of ketones is 1. The Morgan fingerprint density at radius 3 is 2.41 bits per heavy atom. The highest BCUT2D eigenvalue weighted by molar-refractivity contribution is 6.54. The summed E-state index contributed by atoms with van der Waals surface area (Å²) in [7, 11) is 0. The number of rotatable bonds is 11. The van der Waals surface area contributed by atoms with Crippen molar-refractivity contribution in [2.45, 2.75) is 23.1 Å². The molecule has 3 aromatic rings. The first-order chi connectivity index (χ1) is 19.4. The Bertz CT molecular complexity index is 1590. The fourth-order valence-electron chi connectivity index (χ4n) is 4.89. The van der Waals surface area contributed by atoms with Crippen molar-refractivity contribution in [3.8, 4) is 6.07 Å². The van der Waals surface area contributed by atoms with Gasteiger partial charge in [-0.05, 0) is 78.6 Å². The molecule has 2 atom stereocenters. The van der Waals surface area contributed by atoms with E-state index in [4.69, 9.17) is 58.0 Å². The summed E-state index contributed by atoms with van der Waals surface area (Å²) in [6.45, 7) is 3.81. The second kappa shape index (κ2) is 12.6. The molecule has 210 valence electrons. The molecule has 4 nitrogen and oxygen atoms in total. The van der Waals surface area contributed by atoms with E-state index in [0.29, 0.717) is 38.9 Å². The van der Waals surface area contributed by atoms with Gasteiger partial charge in [0.1, 0.15) is 16.4 Å². The Kier molecular flexibility index (Phi) is 9.53. The lowest BCUT2D eigenvalue weighted by molar-refractivity contribution is -0.112. The predicted molar refractivity (Wildman–Crippen MR) is 164 cm³/mol. The number of anilines is 1. The monoisotopic (exact) mass is 648 g/mol. The van der Waals surface area contributed by atoms with Crippen molar-refractivity contribution < 1.29 is 14.0 Å². The van der Waals surface area contributed by atoms with Crippen molar-refractivity contribution in [2.75, 3.05) is 11.9 Å². The highest BCUT2D eigenvalue weighted by atomic mass is 35.5. The summed E-state index contributed by atoms with van der Waals surface area (Å²) in [6, 6.07) is 15.6. The third-order valence-corrected chi connectivity index (χ3v) is 8.92. The summed E-state index contributed by atoms with van der Waals surface area (Å²) < 4.78 is 12.2. The molecular weight excluding hydrogens is 629 g/mol. The molecule has 10 heteroatoms. The molecule has 1 aliphatic carbocycles. The van der Waals surface area contributed by atoms with Crippen LogP contribution in [-0.4, -0.2) is 22.9 Å². The summed E-state index contributed by atoms with van der Waals surface area (Å²) in [6.07, 6.45) is 4.41. The smallest absolute Gasteiger partial charge is 0.187 e. The zero-order valence-corrected chi connectivity index (χ0v) is 25.1. The molecule has 3 aromatic carbocycles. The number of aldehydes is 1. The fourth-order valence-corrected chi connectivity index (χ4v) is 6.61. The minimum absolute atomic E-state index is 0.0621. The van der Waals surface area contributed by atoms with Crippen molar-refractivity contribution in [3.63, 3.8) is 0 Å². The molecule has 2 unspecified atom stereocenters. The Hall–Kier alpha value is -2.85. The van der Waals surface area contributed by atoms with Crippen LogP contribution in [0.2, 0.25) is 15.1 Å². The standard InChI is InChI=1S/C31H22Cl5FN2O2/c1-2-3-18(8-19-4-5-24(37)12-21(19)15-38)9-28(41)26-14-25(6-7-27(26)34)39-16-30(17-40)29(31(30,35)36)20-10-22(32)13-23(33)11-20/h2,4-7,9-14,17,29,39H,1,3,8,16H2/b18-9+. The third kappa shape index (κ3) is 6.48. The van der Waals surface area contributed by atoms with Gasteiger partial charge in [-0.25, -0.2) is 4.39 Å². The van der Waals surface area contributed by atoms with Crippen LogP contribution >= 0.6 is 58.0 Å². The van der Waals surface area contributed by atoms with Gasteiger partial charge in [0.2, 0.25) is 0 Å². The first-order valence-electron chi connectivity index (χ1n) is 12.3. The van der Waals surface area contributed by atoms with Crippen molar-refractivity contribution >= 4 is 75.8 Å². The summed E-state index contributed by atoms with van der Waals surface area (Å²) in [5.41, 5.74) is 1.62. The lowest BCUT2D eigenvalue weighted by atomic mass is 9.96. The van der Waals surface area contributed by atoms with Gasteiger partial charge < -0.3 is 10.1 Å². The van der Waals surface area contributed by atoms with Gasteiger partial charge >= 0.3 is 0 Å². The Morgan fingerprint density at radius 1 is 1.07 bits per heavy atom. The number of alkyl halides is 2. The van der Waals surface area contributed by atoms with Crippen LogP contribution in [0.25, 0.3) is 0 Å². The second-order valence-corrected chi connectivity index (χ2v) is 12.4. The van der Waals surface area contributed by atoms with Gasteiger partial charge in [0.15, 0.2) is 5.78 Å². The van der Waals surface area contributed by atoms with Crippen LogP contribution in [0.5, 0.6) is 0 Å². The van der Waals surface area contributed by atoms with Gasteiger partial charge in [-0.2, -0.15) is 5.26 Å².